The number of rotatable bonds is 9. The van der Waals surface area contributed by atoms with E-state index < -0.39 is 10.0 Å². The average Bonchev–Trinajstić information content (AvgIpc) is 3.00. The molecule has 6 nitrogen and oxygen atoms in total. The molecule has 0 spiro atoms. The van der Waals surface area contributed by atoms with Crippen LogP contribution in [0.25, 0.3) is 10.2 Å². The quantitative estimate of drug-likeness (QED) is 0.296. The summed E-state index contributed by atoms with van der Waals surface area (Å²) in [4.78, 5) is 20.2. The number of hydrogen-bond acceptors (Lipinski definition) is 6. The van der Waals surface area contributed by atoms with Crippen molar-refractivity contribution >= 4 is 43.3 Å². The average molecular weight is 466 g/mol. The Morgan fingerprint density at radius 1 is 1.20 bits per heavy atom. The minimum absolute atomic E-state index is 0.00853. The first-order chi connectivity index (χ1) is 14.2. The van der Waals surface area contributed by atoms with E-state index in [1.807, 2.05) is 38.1 Å². The zero-order valence-corrected chi connectivity index (χ0v) is 20.1. The number of sulfonamides is 1. The van der Waals surface area contributed by atoms with Crippen molar-refractivity contribution in [2.24, 2.45) is 0 Å². The van der Waals surface area contributed by atoms with Crippen LogP contribution in [-0.2, 0) is 23.0 Å². The van der Waals surface area contributed by atoms with Gasteiger partial charge in [-0.05, 0) is 37.8 Å². The maximum atomic E-state index is 13.4. The molecule has 0 aliphatic carbocycles. The van der Waals surface area contributed by atoms with Gasteiger partial charge in [0.2, 0.25) is 10.0 Å². The van der Waals surface area contributed by atoms with Gasteiger partial charge in [-0.3, -0.25) is 9.36 Å². The van der Waals surface area contributed by atoms with Gasteiger partial charge in [-0.2, -0.15) is 0 Å². The van der Waals surface area contributed by atoms with Crippen LogP contribution in [0.3, 0.4) is 0 Å². The van der Waals surface area contributed by atoms with Gasteiger partial charge in [0.25, 0.3) is 5.56 Å². The number of aromatic nitrogens is 2. The molecule has 162 valence electrons. The normalized spacial score (nSPS) is 12.0. The summed E-state index contributed by atoms with van der Waals surface area (Å²) in [5.74, 6) is 0.666. The summed E-state index contributed by atoms with van der Waals surface area (Å²) in [7, 11) is -3.19. The van der Waals surface area contributed by atoms with Gasteiger partial charge in [-0.25, -0.2) is 18.1 Å². The lowest BCUT2D eigenvalue weighted by molar-refractivity contribution is 0.587. The lowest BCUT2D eigenvalue weighted by Crippen LogP contribution is -2.25. The molecule has 0 radical (unpaired) electrons. The van der Waals surface area contributed by atoms with Crippen LogP contribution in [0.15, 0.2) is 34.2 Å². The molecule has 0 unspecified atom stereocenters. The van der Waals surface area contributed by atoms with Crippen molar-refractivity contribution in [3.63, 3.8) is 0 Å². The predicted octanol–water partition coefficient (Wildman–Crippen LogP) is 3.72. The molecule has 1 aromatic carbocycles. The molecule has 3 rings (SSSR count). The molecule has 0 bridgehead atoms. The van der Waals surface area contributed by atoms with Crippen molar-refractivity contribution in [2.75, 3.05) is 18.6 Å². The highest BCUT2D eigenvalue weighted by molar-refractivity contribution is 7.99. The number of thioether (sulfide) groups is 1. The van der Waals surface area contributed by atoms with Crippen LogP contribution in [0.2, 0.25) is 0 Å². The second-order valence-electron chi connectivity index (χ2n) is 7.32. The molecular formula is C21H27N3O3S3. The molecule has 0 saturated heterocycles. The summed E-state index contributed by atoms with van der Waals surface area (Å²) < 4.78 is 26.7. The van der Waals surface area contributed by atoms with Crippen molar-refractivity contribution in [1.82, 2.24) is 14.3 Å². The zero-order chi connectivity index (χ0) is 21.9. The molecule has 0 aliphatic heterocycles. The second-order valence-corrected chi connectivity index (χ2v) is 11.3. The summed E-state index contributed by atoms with van der Waals surface area (Å²) in [6, 6.07) is 8.16. The van der Waals surface area contributed by atoms with Crippen molar-refractivity contribution in [3.8, 4) is 0 Å². The third kappa shape index (κ3) is 5.51. The number of fused-ring (bicyclic) bond motifs is 1. The van der Waals surface area contributed by atoms with Crippen molar-refractivity contribution in [2.45, 2.75) is 45.3 Å². The third-order valence-electron chi connectivity index (χ3n) is 4.81. The van der Waals surface area contributed by atoms with E-state index in [1.165, 1.54) is 22.2 Å². The Labute approximate surface area is 185 Å². The Bertz CT molecular complexity index is 1200. The third-order valence-corrected chi connectivity index (χ3v) is 7.93. The highest BCUT2D eigenvalue weighted by atomic mass is 32.2. The Kier molecular flexibility index (Phi) is 7.38. The van der Waals surface area contributed by atoms with Gasteiger partial charge < -0.3 is 0 Å². The molecule has 9 heteroatoms. The Balaban J connectivity index is 1.93. The maximum Gasteiger partial charge on any atom is 0.263 e. The lowest BCUT2D eigenvalue weighted by atomic mass is 10.1. The molecule has 2 heterocycles. The van der Waals surface area contributed by atoms with Gasteiger partial charge in [0.15, 0.2) is 5.16 Å². The van der Waals surface area contributed by atoms with Crippen LogP contribution in [0.5, 0.6) is 0 Å². The van der Waals surface area contributed by atoms with E-state index in [2.05, 4.69) is 11.6 Å². The van der Waals surface area contributed by atoms with Gasteiger partial charge in [-0.1, -0.05) is 48.5 Å². The van der Waals surface area contributed by atoms with Crippen LogP contribution >= 0.6 is 23.1 Å². The van der Waals surface area contributed by atoms with Gasteiger partial charge in [0, 0.05) is 17.2 Å². The van der Waals surface area contributed by atoms with Crippen LogP contribution < -0.4 is 10.3 Å². The van der Waals surface area contributed by atoms with Crippen molar-refractivity contribution in [1.29, 1.82) is 0 Å². The first-order valence-corrected chi connectivity index (χ1v) is 13.5. The van der Waals surface area contributed by atoms with Crippen LogP contribution in [-0.4, -0.2) is 36.5 Å². The summed E-state index contributed by atoms with van der Waals surface area (Å²) in [6.45, 7) is 6.96. The Hall–Kier alpha value is -1.68. The molecule has 0 saturated carbocycles. The fourth-order valence-corrected chi connectivity index (χ4v) is 5.81. The zero-order valence-electron chi connectivity index (χ0n) is 17.7. The first-order valence-electron chi connectivity index (χ1n) is 9.85. The number of nitrogens with zero attached hydrogens (tertiary/aromatic N) is 2. The van der Waals surface area contributed by atoms with E-state index in [4.69, 9.17) is 4.98 Å². The smallest absolute Gasteiger partial charge is 0.263 e. The van der Waals surface area contributed by atoms with E-state index in [9.17, 15) is 13.2 Å². The van der Waals surface area contributed by atoms with Gasteiger partial charge in [0.1, 0.15) is 4.83 Å². The molecule has 30 heavy (non-hydrogen) atoms. The first kappa shape index (κ1) is 23.0. The lowest BCUT2D eigenvalue weighted by Gasteiger charge is -2.13. The Morgan fingerprint density at radius 3 is 2.53 bits per heavy atom. The molecular weight excluding hydrogens is 438 g/mol. The molecule has 3 aromatic rings. The van der Waals surface area contributed by atoms with Gasteiger partial charge in [0.05, 0.1) is 18.2 Å². The maximum absolute atomic E-state index is 13.4. The number of hydrogen-bond donors (Lipinski definition) is 1. The van der Waals surface area contributed by atoms with E-state index in [0.717, 1.165) is 28.6 Å². The van der Waals surface area contributed by atoms with Gasteiger partial charge in [-0.15, -0.1) is 11.3 Å². The Morgan fingerprint density at radius 2 is 1.90 bits per heavy atom. The van der Waals surface area contributed by atoms with Crippen molar-refractivity contribution in [3.05, 3.63) is 56.2 Å². The summed E-state index contributed by atoms with van der Waals surface area (Å²) >= 11 is 3.08. The molecule has 0 amide bonds. The van der Waals surface area contributed by atoms with Gasteiger partial charge >= 0.3 is 0 Å². The minimum Gasteiger partial charge on any atom is -0.283 e. The number of benzene rings is 1. The SMILES string of the molecule is CCc1sc2nc(SCCCNS(C)(=O)=O)n(Cc3ccc(C)cc3)c(=O)c2c1C. The van der Waals surface area contributed by atoms with Crippen LogP contribution in [0, 0.1) is 13.8 Å². The van der Waals surface area contributed by atoms with Crippen molar-refractivity contribution < 1.29 is 8.42 Å². The summed E-state index contributed by atoms with van der Waals surface area (Å²) in [5.41, 5.74) is 3.24. The number of thiophene rings is 1. The molecule has 2 aromatic heterocycles. The minimum atomic E-state index is -3.19. The van der Waals surface area contributed by atoms with Crippen LogP contribution in [0.1, 0.15) is 34.9 Å². The monoisotopic (exact) mass is 465 g/mol. The molecule has 0 aliphatic rings. The molecule has 0 fully saturated rings. The number of aryl methyl sites for hydroxylation is 3. The largest absolute Gasteiger partial charge is 0.283 e. The highest BCUT2D eigenvalue weighted by Gasteiger charge is 2.18. The van der Waals surface area contributed by atoms with E-state index in [-0.39, 0.29) is 5.56 Å². The second kappa shape index (κ2) is 9.64. The molecule has 0 atom stereocenters. The molecule has 1 N–H and O–H groups in total. The van der Waals surface area contributed by atoms with Crippen LogP contribution in [0.4, 0.5) is 0 Å². The van der Waals surface area contributed by atoms with E-state index in [0.29, 0.717) is 35.8 Å². The van der Waals surface area contributed by atoms with E-state index in [1.54, 1.807) is 15.9 Å². The fourth-order valence-electron chi connectivity index (χ4n) is 3.20. The number of nitrogens with one attached hydrogen (secondary N) is 1. The standard InChI is InChI=1S/C21H27N3O3S3/c1-5-17-15(3)18-19(29-17)23-21(28-12-6-11-22-30(4,26)27)24(20(18)25)13-16-9-7-14(2)8-10-16/h7-10,22H,5-6,11-13H2,1-4H3. The topological polar surface area (TPSA) is 81.1 Å². The predicted molar refractivity (Wildman–Crippen MR) is 126 cm³/mol. The summed E-state index contributed by atoms with van der Waals surface area (Å²) in [6.07, 6.45) is 2.68. The van der Waals surface area contributed by atoms with E-state index >= 15 is 0 Å². The fraction of sp³-hybridized carbons (Fsp3) is 0.429. The summed E-state index contributed by atoms with van der Waals surface area (Å²) in [5, 5.41) is 1.39. The highest BCUT2D eigenvalue weighted by Crippen LogP contribution is 2.30.